The number of aromatic nitrogens is 3. The quantitative estimate of drug-likeness (QED) is 0.285. The number of benzene rings is 3. The van der Waals surface area contributed by atoms with Gasteiger partial charge in [0.05, 0.1) is 16.2 Å². The van der Waals surface area contributed by atoms with Crippen LogP contribution in [0.3, 0.4) is 0 Å². The van der Waals surface area contributed by atoms with Crippen LogP contribution in [0.15, 0.2) is 95.7 Å². The highest BCUT2D eigenvalue weighted by atomic mass is 35.5. The predicted molar refractivity (Wildman–Crippen MR) is 125 cm³/mol. The minimum absolute atomic E-state index is 0.320. The number of hydrogen-bond donors (Lipinski definition) is 0. The molecule has 32 heavy (non-hydrogen) atoms. The number of hydrogen-bond acceptors (Lipinski definition) is 5. The number of halogens is 1. The number of para-hydroxylation sites is 1. The Kier molecular flexibility index (Phi) is 5.64. The van der Waals surface area contributed by atoms with Crippen molar-refractivity contribution in [1.29, 1.82) is 0 Å². The van der Waals surface area contributed by atoms with Crippen molar-refractivity contribution in [3.8, 4) is 5.75 Å². The van der Waals surface area contributed by atoms with Gasteiger partial charge in [-0.2, -0.15) is 0 Å². The van der Waals surface area contributed by atoms with E-state index in [9.17, 15) is 0 Å². The van der Waals surface area contributed by atoms with Crippen LogP contribution in [0.5, 0.6) is 5.75 Å². The molecule has 3 aromatic carbocycles. The summed E-state index contributed by atoms with van der Waals surface area (Å²) in [6.45, 7) is 0.320. The average molecular weight is 440 g/mol. The fourth-order valence-corrected chi connectivity index (χ4v) is 3.64. The topological polar surface area (TPSA) is 61.0 Å². The summed E-state index contributed by atoms with van der Waals surface area (Å²) in [6, 6.07) is 27.5. The molecule has 2 aromatic heterocycles. The van der Waals surface area contributed by atoms with E-state index >= 15 is 0 Å². The molecule has 0 spiro atoms. The first-order valence-corrected chi connectivity index (χ1v) is 10.4. The second kappa shape index (κ2) is 9.04. The summed E-state index contributed by atoms with van der Waals surface area (Å²) in [5.74, 6) is 0.994. The first kappa shape index (κ1) is 20.0. The van der Waals surface area contributed by atoms with Crippen molar-refractivity contribution < 1.29 is 9.15 Å². The number of nitrogens with zero attached hydrogens (tertiary/aromatic N) is 3. The smallest absolute Gasteiger partial charge is 0.248 e. The summed E-state index contributed by atoms with van der Waals surface area (Å²) in [5.41, 5.74) is 4.40. The van der Waals surface area contributed by atoms with Crippen molar-refractivity contribution in [3.63, 3.8) is 0 Å². The van der Waals surface area contributed by atoms with Gasteiger partial charge in [0.25, 0.3) is 0 Å². The largest absolute Gasteiger partial charge is 0.486 e. The summed E-state index contributed by atoms with van der Waals surface area (Å²) < 4.78 is 11.4. The third-order valence-corrected chi connectivity index (χ3v) is 5.27. The minimum Gasteiger partial charge on any atom is -0.486 e. The monoisotopic (exact) mass is 439 g/mol. The number of rotatable bonds is 6. The van der Waals surface area contributed by atoms with Crippen molar-refractivity contribution in [2.24, 2.45) is 0 Å². The molecule has 0 N–H and O–H groups in total. The summed E-state index contributed by atoms with van der Waals surface area (Å²) in [5, 5.41) is 9.47. The lowest BCUT2D eigenvalue weighted by Crippen LogP contribution is -1.99. The molecule has 0 bridgehead atoms. The zero-order valence-corrected chi connectivity index (χ0v) is 17.7. The Hall–Kier alpha value is -3.96. The number of fused-ring (bicyclic) bond motifs is 1. The third-order valence-electron chi connectivity index (χ3n) is 4.98. The van der Waals surface area contributed by atoms with Gasteiger partial charge in [-0.1, -0.05) is 72.3 Å². The molecule has 0 amide bonds. The Morgan fingerprint density at radius 2 is 1.78 bits per heavy atom. The molecule has 0 saturated heterocycles. The molecule has 2 heterocycles. The van der Waals surface area contributed by atoms with Crippen LogP contribution in [-0.2, 0) is 6.61 Å². The van der Waals surface area contributed by atoms with E-state index in [1.807, 2.05) is 91.0 Å². The van der Waals surface area contributed by atoms with Crippen molar-refractivity contribution in [1.82, 2.24) is 15.2 Å². The summed E-state index contributed by atoms with van der Waals surface area (Å²) >= 11 is 6.56. The van der Waals surface area contributed by atoms with Crippen LogP contribution in [0.2, 0.25) is 5.02 Å². The Labute approximate surface area is 190 Å². The molecule has 5 nitrogen and oxygen atoms in total. The third kappa shape index (κ3) is 4.38. The normalized spacial score (nSPS) is 11.6. The van der Waals surface area contributed by atoms with E-state index in [0.29, 0.717) is 23.3 Å². The van der Waals surface area contributed by atoms with Crippen LogP contribution in [0.1, 0.15) is 22.7 Å². The van der Waals surface area contributed by atoms with E-state index in [2.05, 4.69) is 15.2 Å². The van der Waals surface area contributed by atoms with Crippen molar-refractivity contribution >= 4 is 34.2 Å². The van der Waals surface area contributed by atoms with Gasteiger partial charge in [-0.15, -0.1) is 10.2 Å². The molecule has 6 heteroatoms. The SMILES string of the molecule is Clc1cc(/C(=C/c2ccccc2)c2nnco2)ccc1OCc1ccc2ccccc2n1. The van der Waals surface area contributed by atoms with E-state index in [4.69, 9.17) is 20.8 Å². The van der Waals surface area contributed by atoms with Gasteiger partial charge in [0.1, 0.15) is 12.4 Å². The van der Waals surface area contributed by atoms with Crippen LogP contribution >= 0.6 is 11.6 Å². The molecule has 0 atom stereocenters. The molecule has 0 radical (unpaired) electrons. The zero-order chi connectivity index (χ0) is 21.8. The van der Waals surface area contributed by atoms with E-state index in [1.54, 1.807) is 0 Å². The second-order valence-electron chi connectivity index (χ2n) is 7.14. The highest BCUT2D eigenvalue weighted by Gasteiger charge is 2.14. The Morgan fingerprint density at radius 3 is 2.59 bits per heavy atom. The van der Waals surface area contributed by atoms with Crippen LogP contribution in [0.25, 0.3) is 22.6 Å². The number of pyridine rings is 1. The van der Waals surface area contributed by atoms with Gasteiger partial charge in [-0.05, 0) is 41.5 Å². The molecule has 5 aromatic rings. The Balaban J connectivity index is 1.40. The average Bonchev–Trinajstić information content (AvgIpc) is 3.37. The van der Waals surface area contributed by atoms with Gasteiger partial charge >= 0.3 is 0 Å². The van der Waals surface area contributed by atoms with E-state index in [1.165, 1.54) is 6.39 Å². The Bertz CT molecular complexity index is 1380. The molecular formula is C26H18ClN3O2. The van der Waals surface area contributed by atoms with Crippen molar-refractivity contribution in [2.75, 3.05) is 0 Å². The predicted octanol–water partition coefficient (Wildman–Crippen LogP) is 6.44. The first-order valence-electron chi connectivity index (χ1n) is 10.1. The van der Waals surface area contributed by atoms with Gasteiger partial charge in [-0.25, -0.2) is 4.98 Å². The van der Waals surface area contributed by atoms with Crippen molar-refractivity contribution in [2.45, 2.75) is 6.61 Å². The summed E-state index contributed by atoms with van der Waals surface area (Å²) in [7, 11) is 0. The molecule has 156 valence electrons. The zero-order valence-electron chi connectivity index (χ0n) is 17.0. The van der Waals surface area contributed by atoms with Crippen LogP contribution in [0, 0.1) is 0 Å². The lowest BCUT2D eigenvalue weighted by atomic mass is 10.0. The summed E-state index contributed by atoms with van der Waals surface area (Å²) in [6.07, 6.45) is 3.29. The molecule has 0 saturated carbocycles. The maximum atomic E-state index is 6.56. The highest BCUT2D eigenvalue weighted by molar-refractivity contribution is 6.32. The van der Waals surface area contributed by atoms with Crippen LogP contribution < -0.4 is 4.74 Å². The maximum absolute atomic E-state index is 6.56. The Morgan fingerprint density at radius 1 is 0.938 bits per heavy atom. The van der Waals surface area contributed by atoms with E-state index in [-0.39, 0.29) is 0 Å². The summed E-state index contributed by atoms with van der Waals surface area (Å²) in [4.78, 5) is 4.64. The van der Waals surface area contributed by atoms with Crippen LogP contribution in [0.4, 0.5) is 0 Å². The van der Waals surface area contributed by atoms with Gasteiger partial charge in [-0.3, -0.25) is 0 Å². The molecule has 5 rings (SSSR count). The molecule has 0 aliphatic carbocycles. The van der Waals surface area contributed by atoms with Crippen molar-refractivity contribution in [3.05, 3.63) is 119 Å². The second-order valence-corrected chi connectivity index (χ2v) is 7.55. The molecule has 0 unspecified atom stereocenters. The lowest BCUT2D eigenvalue weighted by molar-refractivity contribution is 0.302. The number of ether oxygens (including phenoxy) is 1. The molecular weight excluding hydrogens is 422 g/mol. The maximum Gasteiger partial charge on any atom is 0.248 e. The first-order chi connectivity index (χ1) is 15.8. The minimum atomic E-state index is 0.320. The molecule has 0 aliphatic rings. The van der Waals surface area contributed by atoms with Gasteiger partial charge in [0.2, 0.25) is 12.3 Å². The van der Waals surface area contributed by atoms with Gasteiger partial charge < -0.3 is 9.15 Å². The lowest BCUT2D eigenvalue weighted by Gasteiger charge is -2.11. The standard InChI is InChI=1S/C26H18ClN3O2/c27-23-15-20(22(26-30-28-17-32-26)14-18-6-2-1-3-7-18)11-13-25(23)31-16-21-12-10-19-8-4-5-9-24(19)29-21/h1-15,17H,16H2/b22-14-. The fraction of sp³-hybridized carbons (Fsp3) is 0.0385. The van der Waals surface area contributed by atoms with Gasteiger partial charge in [0.15, 0.2) is 0 Å². The molecule has 0 fully saturated rings. The van der Waals surface area contributed by atoms with E-state index < -0.39 is 0 Å². The fourth-order valence-electron chi connectivity index (χ4n) is 3.40. The van der Waals surface area contributed by atoms with Crippen LogP contribution in [-0.4, -0.2) is 15.2 Å². The highest BCUT2D eigenvalue weighted by Crippen LogP contribution is 2.32. The van der Waals surface area contributed by atoms with E-state index in [0.717, 1.165) is 33.3 Å². The molecule has 0 aliphatic heterocycles. The van der Waals surface area contributed by atoms with Gasteiger partial charge in [0, 0.05) is 11.0 Å².